The average molecular weight is 196 g/mol. The molecule has 0 radical (unpaired) electrons. The lowest BCUT2D eigenvalue weighted by Gasteiger charge is -2.06. The van der Waals surface area contributed by atoms with Crippen LogP contribution >= 0.6 is 0 Å². The number of aliphatic carboxylic acids is 1. The summed E-state index contributed by atoms with van der Waals surface area (Å²) in [4.78, 5) is 18.2. The number of carbonyl (C=O) groups is 1. The van der Waals surface area contributed by atoms with Crippen LogP contribution in [0.2, 0.25) is 0 Å². The molecule has 0 saturated carbocycles. The van der Waals surface area contributed by atoms with Gasteiger partial charge in [0.15, 0.2) is 0 Å². The van der Waals surface area contributed by atoms with Gasteiger partial charge in [-0.25, -0.2) is 9.97 Å². The van der Waals surface area contributed by atoms with Crippen molar-refractivity contribution in [2.24, 2.45) is 5.73 Å². The summed E-state index contributed by atoms with van der Waals surface area (Å²) in [6.07, 6.45) is 3.55. The van der Waals surface area contributed by atoms with Crippen molar-refractivity contribution < 1.29 is 9.90 Å². The number of carboxylic acids is 1. The Morgan fingerprint density at radius 3 is 2.79 bits per heavy atom. The lowest BCUT2D eigenvalue weighted by atomic mass is 10.2. The Morgan fingerprint density at radius 2 is 2.21 bits per heavy atom. The summed E-state index contributed by atoms with van der Waals surface area (Å²) in [6.45, 7) is 0.442. The Balaban J connectivity index is 2.26. The Hall–Kier alpha value is -1.69. The van der Waals surface area contributed by atoms with Crippen LogP contribution in [0.15, 0.2) is 18.5 Å². The van der Waals surface area contributed by atoms with E-state index in [9.17, 15) is 4.79 Å². The van der Waals surface area contributed by atoms with Crippen LogP contribution in [0.25, 0.3) is 0 Å². The lowest BCUT2D eigenvalue weighted by Crippen LogP contribution is -2.32. The summed E-state index contributed by atoms with van der Waals surface area (Å²) in [6, 6.07) is 0.861. The molecule has 1 aromatic heterocycles. The zero-order valence-corrected chi connectivity index (χ0v) is 7.55. The predicted octanol–water partition coefficient (Wildman–Crippen LogP) is -0.310. The fraction of sp³-hybridized carbons (Fsp3) is 0.375. The Labute approximate surface area is 81.2 Å². The van der Waals surface area contributed by atoms with E-state index in [0.717, 1.165) is 0 Å². The SMILES string of the molecule is NC(CCNc1ncccn1)C(=O)O. The molecule has 1 atom stereocenters. The molecule has 4 N–H and O–H groups in total. The third-order valence-electron chi connectivity index (χ3n) is 1.62. The van der Waals surface area contributed by atoms with Crippen molar-refractivity contribution in [2.75, 3.05) is 11.9 Å². The number of rotatable bonds is 5. The van der Waals surface area contributed by atoms with Gasteiger partial charge < -0.3 is 16.2 Å². The van der Waals surface area contributed by atoms with E-state index < -0.39 is 12.0 Å². The van der Waals surface area contributed by atoms with Crippen molar-refractivity contribution in [3.05, 3.63) is 18.5 Å². The van der Waals surface area contributed by atoms with Gasteiger partial charge in [-0.3, -0.25) is 4.79 Å². The van der Waals surface area contributed by atoms with Crippen molar-refractivity contribution in [1.82, 2.24) is 9.97 Å². The van der Waals surface area contributed by atoms with Gasteiger partial charge in [0.25, 0.3) is 0 Å². The largest absolute Gasteiger partial charge is 0.480 e. The molecule has 76 valence electrons. The molecule has 1 aromatic rings. The number of nitrogens with two attached hydrogens (primary N) is 1. The van der Waals surface area contributed by atoms with Crippen LogP contribution in [0, 0.1) is 0 Å². The fourth-order valence-electron chi connectivity index (χ4n) is 0.853. The predicted molar refractivity (Wildman–Crippen MR) is 50.7 cm³/mol. The highest BCUT2D eigenvalue weighted by atomic mass is 16.4. The zero-order valence-electron chi connectivity index (χ0n) is 7.55. The monoisotopic (exact) mass is 196 g/mol. The smallest absolute Gasteiger partial charge is 0.320 e. The van der Waals surface area contributed by atoms with E-state index in [1.54, 1.807) is 18.5 Å². The van der Waals surface area contributed by atoms with Crippen molar-refractivity contribution in [2.45, 2.75) is 12.5 Å². The molecule has 6 nitrogen and oxygen atoms in total. The Morgan fingerprint density at radius 1 is 1.57 bits per heavy atom. The summed E-state index contributed by atoms with van der Waals surface area (Å²) in [7, 11) is 0. The average Bonchev–Trinajstić information content (AvgIpc) is 2.19. The molecule has 1 rings (SSSR count). The highest BCUT2D eigenvalue weighted by Gasteiger charge is 2.10. The lowest BCUT2D eigenvalue weighted by molar-refractivity contribution is -0.138. The van der Waals surface area contributed by atoms with Crippen molar-refractivity contribution in [3.63, 3.8) is 0 Å². The maximum atomic E-state index is 10.4. The topological polar surface area (TPSA) is 101 Å². The minimum absolute atomic E-state index is 0.341. The van der Waals surface area contributed by atoms with Crippen LogP contribution < -0.4 is 11.1 Å². The number of aromatic nitrogens is 2. The molecular formula is C8H12N4O2. The van der Waals surface area contributed by atoms with Crippen LogP contribution in [0.4, 0.5) is 5.95 Å². The van der Waals surface area contributed by atoms with Gasteiger partial charge in [0, 0.05) is 18.9 Å². The molecule has 1 unspecified atom stereocenters. The van der Waals surface area contributed by atoms with E-state index in [4.69, 9.17) is 10.8 Å². The number of carboxylic acid groups (broad SMARTS) is 1. The quantitative estimate of drug-likeness (QED) is 0.597. The Kier molecular flexibility index (Phi) is 3.81. The summed E-state index contributed by atoms with van der Waals surface area (Å²) in [5.41, 5.74) is 5.30. The first-order valence-corrected chi connectivity index (χ1v) is 4.19. The van der Waals surface area contributed by atoms with Gasteiger partial charge in [0.05, 0.1) is 0 Å². The summed E-state index contributed by atoms with van der Waals surface area (Å²) >= 11 is 0. The molecule has 14 heavy (non-hydrogen) atoms. The maximum Gasteiger partial charge on any atom is 0.320 e. The van der Waals surface area contributed by atoms with E-state index in [1.807, 2.05) is 0 Å². The second kappa shape index (κ2) is 5.13. The second-order valence-electron chi connectivity index (χ2n) is 2.73. The van der Waals surface area contributed by atoms with Crippen LogP contribution in [0.3, 0.4) is 0 Å². The van der Waals surface area contributed by atoms with Crippen molar-refractivity contribution in [3.8, 4) is 0 Å². The molecule has 0 aliphatic heterocycles. The van der Waals surface area contributed by atoms with E-state index in [0.29, 0.717) is 18.9 Å². The van der Waals surface area contributed by atoms with Gasteiger partial charge in [-0.2, -0.15) is 0 Å². The van der Waals surface area contributed by atoms with Gasteiger partial charge in [0.2, 0.25) is 5.95 Å². The van der Waals surface area contributed by atoms with E-state index >= 15 is 0 Å². The first-order valence-electron chi connectivity index (χ1n) is 4.19. The number of hydrogen-bond acceptors (Lipinski definition) is 5. The fourth-order valence-corrected chi connectivity index (χ4v) is 0.853. The number of hydrogen-bond donors (Lipinski definition) is 3. The third kappa shape index (κ3) is 3.36. The first kappa shape index (κ1) is 10.4. The molecule has 0 bridgehead atoms. The highest BCUT2D eigenvalue weighted by molar-refractivity contribution is 5.73. The Bertz CT molecular complexity index is 291. The molecule has 0 fully saturated rings. The van der Waals surface area contributed by atoms with Crippen LogP contribution in [-0.4, -0.2) is 33.6 Å². The number of anilines is 1. The highest BCUT2D eigenvalue weighted by Crippen LogP contribution is 1.95. The first-order chi connectivity index (χ1) is 6.70. The molecule has 0 aliphatic rings. The molecular weight excluding hydrogens is 184 g/mol. The standard InChI is InChI=1S/C8H12N4O2/c9-6(7(13)14)2-5-12-8-10-3-1-4-11-8/h1,3-4,6H,2,5,9H2,(H,13,14)(H,10,11,12). The molecule has 6 heteroatoms. The van der Waals surface area contributed by atoms with Crippen LogP contribution in [-0.2, 0) is 4.79 Å². The number of nitrogens with zero attached hydrogens (tertiary/aromatic N) is 2. The van der Waals surface area contributed by atoms with E-state index in [1.165, 1.54) is 0 Å². The molecule has 0 aromatic carbocycles. The minimum Gasteiger partial charge on any atom is -0.480 e. The zero-order chi connectivity index (χ0) is 10.4. The normalized spacial score (nSPS) is 12.1. The third-order valence-corrected chi connectivity index (χ3v) is 1.62. The molecule has 0 saturated heterocycles. The minimum atomic E-state index is -0.999. The molecule has 0 amide bonds. The van der Waals surface area contributed by atoms with Gasteiger partial charge in [-0.05, 0) is 12.5 Å². The van der Waals surface area contributed by atoms with Crippen LogP contribution in [0.1, 0.15) is 6.42 Å². The number of nitrogens with one attached hydrogen (secondary N) is 1. The molecule has 0 aliphatic carbocycles. The van der Waals surface area contributed by atoms with Gasteiger partial charge in [0.1, 0.15) is 6.04 Å². The van der Waals surface area contributed by atoms with Gasteiger partial charge >= 0.3 is 5.97 Å². The summed E-state index contributed by atoms with van der Waals surface area (Å²) < 4.78 is 0. The van der Waals surface area contributed by atoms with E-state index in [-0.39, 0.29) is 0 Å². The van der Waals surface area contributed by atoms with Gasteiger partial charge in [-0.15, -0.1) is 0 Å². The van der Waals surface area contributed by atoms with Crippen molar-refractivity contribution in [1.29, 1.82) is 0 Å². The van der Waals surface area contributed by atoms with Crippen molar-refractivity contribution >= 4 is 11.9 Å². The summed E-state index contributed by atoms with van der Waals surface area (Å²) in [5.74, 6) is -0.522. The molecule has 1 heterocycles. The second-order valence-corrected chi connectivity index (χ2v) is 2.73. The van der Waals surface area contributed by atoms with E-state index in [2.05, 4.69) is 15.3 Å². The summed E-state index contributed by atoms with van der Waals surface area (Å²) in [5, 5.41) is 11.4. The molecule has 0 spiro atoms. The van der Waals surface area contributed by atoms with Gasteiger partial charge in [-0.1, -0.05) is 0 Å². The van der Waals surface area contributed by atoms with Crippen LogP contribution in [0.5, 0.6) is 0 Å². The maximum absolute atomic E-state index is 10.4.